The van der Waals surface area contributed by atoms with Crippen LogP contribution in [-0.4, -0.2) is 11.8 Å². The van der Waals surface area contributed by atoms with Gasteiger partial charge >= 0.3 is 0 Å². The standard InChI is InChI=1S/C17H15NO2/c1-12(19)18-16-10-6-5-9-14(16)15(17(18)20)11-13-7-3-2-4-8-13/h2-10,15H,11H2,1H3. The molecule has 0 aromatic heterocycles. The highest BCUT2D eigenvalue weighted by Gasteiger charge is 2.38. The third-order valence-corrected chi connectivity index (χ3v) is 3.67. The first-order valence-electron chi connectivity index (χ1n) is 6.66. The predicted molar refractivity (Wildman–Crippen MR) is 77.5 cm³/mol. The molecule has 3 nitrogen and oxygen atoms in total. The number of carbonyl (C=O) groups excluding carboxylic acids is 2. The summed E-state index contributed by atoms with van der Waals surface area (Å²) in [6.07, 6.45) is 0.625. The molecule has 1 aliphatic rings. The molecule has 2 aromatic carbocycles. The second kappa shape index (κ2) is 4.93. The smallest absolute Gasteiger partial charge is 0.241 e. The van der Waals surface area contributed by atoms with Crippen LogP contribution in [0.25, 0.3) is 0 Å². The lowest BCUT2D eigenvalue weighted by molar-refractivity contribution is -0.125. The molecule has 1 unspecified atom stereocenters. The van der Waals surface area contributed by atoms with Gasteiger partial charge in [-0.3, -0.25) is 9.59 Å². The van der Waals surface area contributed by atoms with Crippen LogP contribution in [0, 0.1) is 0 Å². The van der Waals surface area contributed by atoms with Gasteiger partial charge in [-0.15, -0.1) is 0 Å². The van der Waals surface area contributed by atoms with Gasteiger partial charge < -0.3 is 0 Å². The molecule has 1 aliphatic heterocycles. The molecule has 0 bridgehead atoms. The fraction of sp³-hybridized carbons (Fsp3) is 0.176. The first-order valence-corrected chi connectivity index (χ1v) is 6.66. The zero-order chi connectivity index (χ0) is 14.1. The lowest BCUT2D eigenvalue weighted by Crippen LogP contribution is -2.33. The molecule has 100 valence electrons. The number of imide groups is 1. The van der Waals surface area contributed by atoms with Gasteiger partial charge in [-0.25, -0.2) is 4.90 Å². The van der Waals surface area contributed by atoms with Gasteiger partial charge in [-0.2, -0.15) is 0 Å². The average Bonchev–Trinajstić information content (AvgIpc) is 2.73. The highest BCUT2D eigenvalue weighted by Crippen LogP contribution is 2.38. The Balaban J connectivity index is 2.00. The molecule has 0 spiro atoms. The molecule has 1 atom stereocenters. The highest BCUT2D eigenvalue weighted by molar-refractivity contribution is 6.20. The van der Waals surface area contributed by atoms with Gasteiger partial charge in [0.1, 0.15) is 0 Å². The Morgan fingerprint density at radius 2 is 1.70 bits per heavy atom. The number of benzene rings is 2. The summed E-state index contributed by atoms with van der Waals surface area (Å²) < 4.78 is 0. The van der Waals surface area contributed by atoms with E-state index >= 15 is 0 Å². The van der Waals surface area contributed by atoms with Crippen molar-refractivity contribution in [3.8, 4) is 0 Å². The molecule has 0 aliphatic carbocycles. The van der Waals surface area contributed by atoms with Gasteiger partial charge in [-0.1, -0.05) is 48.5 Å². The summed E-state index contributed by atoms with van der Waals surface area (Å²) in [7, 11) is 0. The molecule has 3 rings (SSSR count). The third-order valence-electron chi connectivity index (χ3n) is 3.67. The quantitative estimate of drug-likeness (QED) is 0.837. The minimum absolute atomic E-state index is 0.123. The van der Waals surface area contributed by atoms with Gasteiger partial charge in [0.2, 0.25) is 11.8 Å². The van der Waals surface area contributed by atoms with Crippen molar-refractivity contribution >= 4 is 17.5 Å². The number of amides is 2. The van der Waals surface area contributed by atoms with Crippen molar-refractivity contribution < 1.29 is 9.59 Å². The van der Waals surface area contributed by atoms with Crippen LogP contribution in [0.15, 0.2) is 54.6 Å². The summed E-state index contributed by atoms with van der Waals surface area (Å²) in [4.78, 5) is 25.5. The number of hydrogen-bond donors (Lipinski definition) is 0. The summed E-state index contributed by atoms with van der Waals surface area (Å²) in [6.45, 7) is 1.43. The summed E-state index contributed by atoms with van der Waals surface area (Å²) >= 11 is 0. The number of rotatable bonds is 2. The average molecular weight is 265 g/mol. The van der Waals surface area contributed by atoms with Crippen LogP contribution in [0.5, 0.6) is 0 Å². The monoisotopic (exact) mass is 265 g/mol. The van der Waals surface area contributed by atoms with E-state index in [-0.39, 0.29) is 17.7 Å². The highest BCUT2D eigenvalue weighted by atomic mass is 16.2. The molecule has 0 N–H and O–H groups in total. The summed E-state index contributed by atoms with van der Waals surface area (Å²) in [6, 6.07) is 17.4. The van der Waals surface area contributed by atoms with Crippen LogP contribution >= 0.6 is 0 Å². The van der Waals surface area contributed by atoms with E-state index < -0.39 is 0 Å². The van der Waals surface area contributed by atoms with Crippen LogP contribution in [0.3, 0.4) is 0 Å². The largest absolute Gasteiger partial charge is 0.274 e. The van der Waals surface area contributed by atoms with E-state index in [2.05, 4.69) is 0 Å². The maximum Gasteiger partial charge on any atom is 0.241 e. The number of fused-ring (bicyclic) bond motifs is 1. The van der Waals surface area contributed by atoms with Crippen molar-refractivity contribution in [3.63, 3.8) is 0 Å². The van der Waals surface area contributed by atoms with Crippen molar-refractivity contribution in [2.45, 2.75) is 19.3 Å². The Kier molecular flexibility index (Phi) is 3.11. The Bertz CT molecular complexity index is 664. The minimum Gasteiger partial charge on any atom is -0.274 e. The van der Waals surface area contributed by atoms with Crippen molar-refractivity contribution in [1.29, 1.82) is 0 Å². The first kappa shape index (κ1) is 12.6. The van der Waals surface area contributed by atoms with Crippen LogP contribution in [-0.2, 0) is 16.0 Å². The van der Waals surface area contributed by atoms with Gasteiger partial charge in [0.05, 0.1) is 11.6 Å². The predicted octanol–water partition coefficient (Wildman–Crippen LogP) is 2.91. The minimum atomic E-state index is -0.266. The number of carbonyl (C=O) groups is 2. The maximum absolute atomic E-state index is 12.5. The Morgan fingerprint density at radius 1 is 1.05 bits per heavy atom. The lowest BCUT2D eigenvalue weighted by Gasteiger charge is -2.13. The van der Waals surface area contributed by atoms with Gasteiger partial charge in [0.25, 0.3) is 0 Å². The maximum atomic E-state index is 12.5. The SMILES string of the molecule is CC(=O)N1C(=O)C(Cc2ccccc2)c2ccccc21. The van der Waals surface area contributed by atoms with Crippen LogP contribution in [0.1, 0.15) is 24.0 Å². The first-order chi connectivity index (χ1) is 9.68. The van der Waals surface area contributed by atoms with Crippen molar-refractivity contribution in [2.24, 2.45) is 0 Å². The molecule has 0 saturated heterocycles. The Labute approximate surface area is 117 Å². The fourth-order valence-corrected chi connectivity index (χ4v) is 2.77. The third kappa shape index (κ3) is 2.01. The van der Waals surface area contributed by atoms with E-state index in [9.17, 15) is 9.59 Å². The second-order valence-electron chi connectivity index (χ2n) is 4.99. The van der Waals surface area contributed by atoms with E-state index in [0.717, 1.165) is 16.8 Å². The molecule has 0 radical (unpaired) electrons. The fourth-order valence-electron chi connectivity index (χ4n) is 2.77. The molecule has 0 fully saturated rings. The zero-order valence-electron chi connectivity index (χ0n) is 11.2. The number of hydrogen-bond acceptors (Lipinski definition) is 2. The Hall–Kier alpha value is -2.42. The molecule has 2 aromatic rings. The van der Waals surface area contributed by atoms with Crippen molar-refractivity contribution in [1.82, 2.24) is 0 Å². The Morgan fingerprint density at radius 3 is 2.40 bits per heavy atom. The molecule has 3 heteroatoms. The molecular formula is C17H15NO2. The lowest BCUT2D eigenvalue weighted by atomic mass is 9.93. The van der Waals surface area contributed by atoms with E-state index in [1.54, 1.807) is 0 Å². The number of nitrogens with zero attached hydrogens (tertiary/aromatic N) is 1. The number of anilines is 1. The molecule has 2 amide bonds. The van der Waals surface area contributed by atoms with E-state index in [1.165, 1.54) is 11.8 Å². The van der Waals surface area contributed by atoms with Crippen LogP contribution in [0.2, 0.25) is 0 Å². The zero-order valence-corrected chi connectivity index (χ0v) is 11.2. The van der Waals surface area contributed by atoms with Gasteiger partial charge in [-0.05, 0) is 23.6 Å². The topological polar surface area (TPSA) is 37.4 Å². The summed E-state index contributed by atoms with van der Waals surface area (Å²) in [5.41, 5.74) is 2.77. The normalized spacial score (nSPS) is 17.1. The summed E-state index contributed by atoms with van der Waals surface area (Å²) in [5.74, 6) is -0.613. The molecular weight excluding hydrogens is 250 g/mol. The molecule has 20 heavy (non-hydrogen) atoms. The van der Waals surface area contributed by atoms with E-state index in [0.29, 0.717) is 6.42 Å². The number of para-hydroxylation sites is 1. The van der Waals surface area contributed by atoms with Crippen LogP contribution < -0.4 is 4.90 Å². The van der Waals surface area contributed by atoms with Gasteiger partial charge in [0.15, 0.2) is 0 Å². The van der Waals surface area contributed by atoms with Crippen molar-refractivity contribution in [2.75, 3.05) is 4.90 Å². The van der Waals surface area contributed by atoms with Crippen molar-refractivity contribution in [3.05, 3.63) is 65.7 Å². The van der Waals surface area contributed by atoms with Crippen LogP contribution in [0.4, 0.5) is 5.69 Å². The van der Waals surface area contributed by atoms with Gasteiger partial charge in [0, 0.05) is 6.92 Å². The second-order valence-corrected chi connectivity index (χ2v) is 4.99. The summed E-state index contributed by atoms with van der Waals surface area (Å²) in [5, 5.41) is 0. The molecule has 0 saturated carbocycles. The van der Waals surface area contributed by atoms with E-state index in [4.69, 9.17) is 0 Å². The van der Waals surface area contributed by atoms with E-state index in [1.807, 2.05) is 54.6 Å². The molecule has 1 heterocycles.